The van der Waals surface area contributed by atoms with E-state index < -0.39 is 5.79 Å². The summed E-state index contributed by atoms with van der Waals surface area (Å²) in [5.41, 5.74) is 1.14. The maximum atomic E-state index is 10.9. The minimum absolute atomic E-state index is 0.0416. The van der Waals surface area contributed by atoms with Gasteiger partial charge in [0.1, 0.15) is 12.2 Å². The average molecular weight is 376 g/mol. The van der Waals surface area contributed by atoms with E-state index in [-0.39, 0.29) is 24.3 Å². The van der Waals surface area contributed by atoms with Crippen molar-refractivity contribution in [3.8, 4) is 0 Å². The van der Waals surface area contributed by atoms with Gasteiger partial charge in [-0.25, -0.2) is 0 Å². The van der Waals surface area contributed by atoms with Gasteiger partial charge in [-0.2, -0.15) is 0 Å². The highest BCUT2D eigenvalue weighted by molar-refractivity contribution is 5.66. The van der Waals surface area contributed by atoms with Gasteiger partial charge in [-0.15, -0.1) is 0 Å². The van der Waals surface area contributed by atoms with Gasteiger partial charge in [0.05, 0.1) is 19.3 Å². The second-order valence-electron chi connectivity index (χ2n) is 7.42. The highest BCUT2D eigenvalue weighted by Gasteiger charge is 2.39. The van der Waals surface area contributed by atoms with Crippen molar-refractivity contribution in [1.29, 1.82) is 0 Å². The number of esters is 1. The summed E-state index contributed by atoms with van der Waals surface area (Å²) in [6, 6.07) is 10.1. The number of rotatable bonds is 10. The van der Waals surface area contributed by atoms with Crippen LogP contribution in [0.5, 0.6) is 0 Å². The largest absolute Gasteiger partial charge is 0.463 e. The molecular formula is C22H32O5. The molecular weight excluding hydrogens is 344 g/mol. The highest BCUT2D eigenvalue weighted by atomic mass is 16.8. The van der Waals surface area contributed by atoms with Crippen molar-refractivity contribution in [2.75, 3.05) is 6.61 Å². The Morgan fingerprint density at radius 1 is 1.26 bits per heavy atom. The summed E-state index contributed by atoms with van der Waals surface area (Å²) >= 11 is 0. The van der Waals surface area contributed by atoms with E-state index in [0.29, 0.717) is 13.2 Å². The molecule has 1 aliphatic heterocycles. The van der Waals surface area contributed by atoms with Crippen LogP contribution < -0.4 is 0 Å². The maximum Gasteiger partial charge on any atom is 0.302 e. The van der Waals surface area contributed by atoms with E-state index in [9.17, 15) is 4.79 Å². The zero-order valence-electron chi connectivity index (χ0n) is 16.9. The van der Waals surface area contributed by atoms with Crippen LogP contribution in [0.3, 0.4) is 0 Å². The molecule has 5 nitrogen and oxygen atoms in total. The molecule has 27 heavy (non-hydrogen) atoms. The van der Waals surface area contributed by atoms with E-state index in [1.165, 1.54) is 6.92 Å². The zero-order valence-corrected chi connectivity index (χ0v) is 16.9. The Morgan fingerprint density at radius 3 is 2.70 bits per heavy atom. The number of benzene rings is 1. The fourth-order valence-corrected chi connectivity index (χ4v) is 3.12. The van der Waals surface area contributed by atoms with Crippen LogP contribution >= 0.6 is 0 Å². The molecule has 0 aliphatic carbocycles. The van der Waals surface area contributed by atoms with E-state index in [2.05, 4.69) is 12.2 Å². The predicted molar refractivity (Wildman–Crippen MR) is 104 cm³/mol. The summed E-state index contributed by atoms with van der Waals surface area (Å²) < 4.78 is 22.9. The van der Waals surface area contributed by atoms with Crippen LogP contribution in [-0.2, 0) is 30.3 Å². The van der Waals surface area contributed by atoms with Crippen LogP contribution in [0, 0.1) is 0 Å². The summed E-state index contributed by atoms with van der Waals surface area (Å²) in [6.07, 6.45) is 6.59. The second-order valence-corrected chi connectivity index (χ2v) is 7.42. The lowest BCUT2D eigenvalue weighted by molar-refractivity contribution is -0.149. The third kappa shape index (κ3) is 8.24. The molecule has 5 heteroatoms. The van der Waals surface area contributed by atoms with Crippen molar-refractivity contribution in [3.63, 3.8) is 0 Å². The van der Waals surface area contributed by atoms with Crippen LogP contribution in [-0.4, -0.2) is 36.7 Å². The number of carbonyl (C=O) groups excluding carboxylic acids is 1. The monoisotopic (exact) mass is 376 g/mol. The van der Waals surface area contributed by atoms with Crippen LogP contribution in [0.25, 0.3) is 0 Å². The molecule has 0 radical (unpaired) electrons. The number of hydrogen-bond acceptors (Lipinski definition) is 5. The average Bonchev–Trinajstić information content (AvgIpc) is 2.89. The molecule has 0 aromatic heterocycles. The highest BCUT2D eigenvalue weighted by Crippen LogP contribution is 2.29. The van der Waals surface area contributed by atoms with Crippen LogP contribution in [0.15, 0.2) is 42.5 Å². The molecule has 0 spiro atoms. The molecule has 1 heterocycles. The van der Waals surface area contributed by atoms with Crippen LogP contribution in [0.1, 0.15) is 52.5 Å². The summed E-state index contributed by atoms with van der Waals surface area (Å²) in [5.74, 6) is -0.838. The number of carbonyl (C=O) groups is 1. The van der Waals surface area contributed by atoms with Gasteiger partial charge >= 0.3 is 5.97 Å². The summed E-state index contributed by atoms with van der Waals surface area (Å²) in [7, 11) is 0. The zero-order chi connectivity index (χ0) is 19.7. The standard InChI is InChI=1S/C22H32O5/c1-17(25-18(2)23)11-7-5-10-14-20-21(27-22(3,4)26-20)16-24-15-19-12-8-6-9-13-19/h6,8-10,12-14,17,20-21H,5,7,11,15-16H2,1-4H3/b14-10+/t17-,20+,21+/m1/s1. The summed E-state index contributed by atoms with van der Waals surface area (Å²) in [5, 5.41) is 0. The molecule has 3 atom stereocenters. The van der Waals surface area contributed by atoms with Gasteiger partial charge in [-0.1, -0.05) is 42.5 Å². The molecule has 0 bridgehead atoms. The first-order chi connectivity index (χ1) is 12.9. The number of ether oxygens (including phenoxy) is 4. The van der Waals surface area contributed by atoms with Crippen molar-refractivity contribution < 1.29 is 23.7 Å². The Morgan fingerprint density at radius 2 is 2.00 bits per heavy atom. The van der Waals surface area contributed by atoms with E-state index in [1.807, 2.05) is 51.1 Å². The van der Waals surface area contributed by atoms with Gasteiger partial charge < -0.3 is 18.9 Å². The topological polar surface area (TPSA) is 54.0 Å². The van der Waals surface area contributed by atoms with Gasteiger partial charge in [-0.3, -0.25) is 4.79 Å². The lowest BCUT2D eigenvalue weighted by Crippen LogP contribution is -2.26. The smallest absolute Gasteiger partial charge is 0.302 e. The van der Waals surface area contributed by atoms with Crippen LogP contribution in [0.2, 0.25) is 0 Å². The fourth-order valence-electron chi connectivity index (χ4n) is 3.12. The molecule has 2 rings (SSSR count). The Balaban J connectivity index is 1.74. The molecule has 1 fully saturated rings. The van der Waals surface area contributed by atoms with Gasteiger partial charge in [0.15, 0.2) is 5.79 Å². The molecule has 150 valence electrons. The molecule has 0 saturated carbocycles. The van der Waals surface area contributed by atoms with E-state index in [1.54, 1.807) is 0 Å². The lowest BCUT2D eigenvalue weighted by Gasteiger charge is -2.16. The Bertz CT molecular complexity index is 596. The van der Waals surface area contributed by atoms with Gasteiger partial charge in [-0.05, 0) is 45.6 Å². The number of unbranched alkanes of at least 4 members (excludes halogenated alkanes) is 1. The van der Waals surface area contributed by atoms with Crippen molar-refractivity contribution in [2.45, 2.75) is 77.7 Å². The Hall–Kier alpha value is -1.69. The predicted octanol–water partition coefficient (Wildman–Crippen LogP) is 4.40. The Kier molecular flexibility index (Phi) is 8.48. The lowest BCUT2D eigenvalue weighted by atomic mass is 10.1. The van der Waals surface area contributed by atoms with Gasteiger partial charge in [0.2, 0.25) is 0 Å². The molecule has 0 amide bonds. The second kappa shape index (κ2) is 10.6. The number of allylic oxidation sites excluding steroid dienone is 1. The quantitative estimate of drug-likeness (QED) is 0.344. The van der Waals surface area contributed by atoms with Crippen molar-refractivity contribution in [3.05, 3.63) is 48.0 Å². The minimum Gasteiger partial charge on any atom is -0.463 e. The first-order valence-electron chi connectivity index (χ1n) is 9.67. The number of hydrogen-bond donors (Lipinski definition) is 0. The molecule has 0 N–H and O–H groups in total. The molecule has 1 saturated heterocycles. The molecule has 0 unspecified atom stereocenters. The van der Waals surface area contributed by atoms with Crippen molar-refractivity contribution in [1.82, 2.24) is 0 Å². The first kappa shape index (κ1) is 21.6. The van der Waals surface area contributed by atoms with E-state index in [4.69, 9.17) is 18.9 Å². The van der Waals surface area contributed by atoms with Crippen molar-refractivity contribution >= 4 is 5.97 Å². The molecule has 1 aromatic carbocycles. The Labute approximate surface area is 162 Å². The first-order valence-corrected chi connectivity index (χ1v) is 9.67. The van der Waals surface area contributed by atoms with Gasteiger partial charge in [0, 0.05) is 6.92 Å². The summed E-state index contributed by atoms with van der Waals surface area (Å²) in [4.78, 5) is 10.9. The normalized spacial score (nSPS) is 22.8. The molecule has 1 aliphatic rings. The third-order valence-electron chi connectivity index (χ3n) is 4.29. The van der Waals surface area contributed by atoms with Crippen molar-refractivity contribution in [2.24, 2.45) is 0 Å². The SMILES string of the molecule is CC(=O)O[C@H](C)CCC/C=C/[C@@H]1OC(C)(C)O[C@H]1COCc1ccccc1. The molecule has 1 aromatic rings. The third-order valence-corrected chi connectivity index (χ3v) is 4.29. The fraction of sp³-hybridized carbons (Fsp3) is 0.591. The maximum absolute atomic E-state index is 10.9. The minimum atomic E-state index is -0.611. The van der Waals surface area contributed by atoms with E-state index >= 15 is 0 Å². The summed E-state index contributed by atoms with van der Waals surface area (Å²) in [6.45, 7) is 8.25. The van der Waals surface area contributed by atoms with Gasteiger partial charge in [0.25, 0.3) is 0 Å². The van der Waals surface area contributed by atoms with E-state index in [0.717, 1.165) is 24.8 Å². The van der Waals surface area contributed by atoms with Crippen LogP contribution in [0.4, 0.5) is 0 Å².